The minimum absolute atomic E-state index is 0.117. The number of hydrogen-bond acceptors (Lipinski definition) is 5. The number of nitrogens with zero attached hydrogens (tertiary/aromatic N) is 1. The highest BCUT2D eigenvalue weighted by Crippen LogP contribution is 2.11. The maximum Gasteiger partial charge on any atom is 0.310 e. The molecule has 0 aliphatic rings. The van der Waals surface area contributed by atoms with Crippen LogP contribution in [0.15, 0.2) is 33.9 Å². The van der Waals surface area contributed by atoms with Crippen LogP contribution in [-0.2, 0) is 4.74 Å². The van der Waals surface area contributed by atoms with Crippen LogP contribution in [-0.4, -0.2) is 30.7 Å². The van der Waals surface area contributed by atoms with Crippen molar-refractivity contribution < 1.29 is 14.3 Å². The molecule has 0 unspecified atom stereocenters. The molecule has 1 heterocycles. The number of ether oxygens (including phenoxy) is 2. The lowest BCUT2D eigenvalue weighted by Gasteiger charge is -2.06. The number of nitrogens with one attached hydrogen (secondary N) is 1. The van der Waals surface area contributed by atoms with E-state index in [1.165, 1.54) is 7.11 Å². The van der Waals surface area contributed by atoms with Crippen LogP contribution in [0.1, 0.15) is 19.4 Å². The Labute approximate surface area is 144 Å². The SMILES string of the molecule is COCOn1c(=O)/c(=C/c2ccc(OC)cc2)[nH]/c(=C/C(C)C)c1=O. The maximum atomic E-state index is 12.5. The molecule has 0 aliphatic carbocycles. The molecular weight excluding hydrogens is 324 g/mol. The Kier molecular flexibility index (Phi) is 6.19. The maximum absolute atomic E-state index is 12.5. The lowest BCUT2D eigenvalue weighted by molar-refractivity contribution is -0.0462. The third kappa shape index (κ3) is 4.60. The first-order valence-electron chi connectivity index (χ1n) is 7.81. The predicted molar refractivity (Wildman–Crippen MR) is 94.9 cm³/mol. The molecular formula is C18H22N2O5. The summed E-state index contributed by atoms with van der Waals surface area (Å²) in [6, 6.07) is 7.19. The van der Waals surface area contributed by atoms with Crippen molar-refractivity contribution in [1.82, 2.24) is 9.71 Å². The molecule has 134 valence electrons. The van der Waals surface area contributed by atoms with Crippen molar-refractivity contribution in [3.63, 3.8) is 0 Å². The highest BCUT2D eigenvalue weighted by atomic mass is 16.8. The van der Waals surface area contributed by atoms with Gasteiger partial charge in [-0.05, 0) is 29.7 Å². The van der Waals surface area contributed by atoms with Crippen molar-refractivity contribution in [2.24, 2.45) is 5.92 Å². The topological polar surface area (TPSA) is 82.5 Å². The summed E-state index contributed by atoms with van der Waals surface area (Å²) in [5.41, 5.74) is -0.358. The van der Waals surface area contributed by atoms with Gasteiger partial charge in [0.1, 0.15) is 16.4 Å². The summed E-state index contributed by atoms with van der Waals surface area (Å²) in [5, 5.41) is 0.512. The highest BCUT2D eigenvalue weighted by molar-refractivity contribution is 5.49. The van der Waals surface area contributed by atoms with Crippen molar-refractivity contribution in [2.75, 3.05) is 21.0 Å². The Morgan fingerprint density at radius 2 is 1.72 bits per heavy atom. The number of rotatable bonds is 6. The van der Waals surface area contributed by atoms with Gasteiger partial charge in [0, 0.05) is 7.11 Å². The Morgan fingerprint density at radius 1 is 1.08 bits per heavy atom. The molecule has 25 heavy (non-hydrogen) atoms. The van der Waals surface area contributed by atoms with Gasteiger partial charge in [0.15, 0.2) is 0 Å². The molecule has 1 aromatic heterocycles. The van der Waals surface area contributed by atoms with E-state index in [9.17, 15) is 9.59 Å². The third-order valence-electron chi connectivity index (χ3n) is 3.33. The second-order valence-corrected chi connectivity index (χ2v) is 5.72. The van der Waals surface area contributed by atoms with E-state index in [2.05, 4.69) is 4.98 Å². The number of aromatic amines is 1. The summed E-state index contributed by atoms with van der Waals surface area (Å²) in [5.74, 6) is 0.830. The molecule has 0 atom stereocenters. The molecule has 2 rings (SSSR count). The van der Waals surface area contributed by atoms with Crippen molar-refractivity contribution in [3.8, 4) is 5.75 Å². The quantitative estimate of drug-likeness (QED) is 0.735. The van der Waals surface area contributed by atoms with E-state index in [0.717, 1.165) is 5.56 Å². The fourth-order valence-corrected chi connectivity index (χ4v) is 2.20. The van der Waals surface area contributed by atoms with Gasteiger partial charge in [-0.1, -0.05) is 36.8 Å². The second-order valence-electron chi connectivity index (χ2n) is 5.72. The van der Waals surface area contributed by atoms with E-state index >= 15 is 0 Å². The van der Waals surface area contributed by atoms with Gasteiger partial charge in [-0.15, -0.1) is 0 Å². The van der Waals surface area contributed by atoms with Gasteiger partial charge in [0.2, 0.25) is 6.79 Å². The van der Waals surface area contributed by atoms with Crippen molar-refractivity contribution in [1.29, 1.82) is 0 Å². The number of benzene rings is 1. The summed E-state index contributed by atoms with van der Waals surface area (Å²) in [6.45, 7) is 3.67. The van der Waals surface area contributed by atoms with Gasteiger partial charge in [-0.25, -0.2) is 0 Å². The number of methoxy groups -OCH3 is 2. The average Bonchev–Trinajstić information content (AvgIpc) is 2.59. The molecule has 1 N–H and O–H groups in total. The van der Waals surface area contributed by atoms with Crippen LogP contribution in [0.25, 0.3) is 12.2 Å². The van der Waals surface area contributed by atoms with Crippen LogP contribution in [0.2, 0.25) is 0 Å². The summed E-state index contributed by atoms with van der Waals surface area (Å²) in [6.07, 6.45) is 3.38. The van der Waals surface area contributed by atoms with E-state index in [0.29, 0.717) is 10.5 Å². The summed E-state index contributed by atoms with van der Waals surface area (Å²) >= 11 is 0. The molecule has 0 aliphatic heterocycles. The van der Waals surface area contributed by atoms with Gasteiger partial charge in [-0.3, -0.25) is 9.59 Å². The minimum Gasteiger partial charge on any atom is -0.497 e. The standard InChI is InChI=1S/C18H22N2O5/c1-12(2)9-15-17(21)20(25-11-23-3)18(22)16(19-15)10-13-5-7-14(24-4)8-6-13/h5-10,12,19H,11H2,1-4H3/b15-9+,16-10-. The Balaban J connectivity index is 2.69. The van der Waals surface area contributed by atoms with E-state index in [1.54, 1.807) is 31.4 Å². The summed E-state index contributed by atoms with van der Waals surface area (Å²) in [4.78, 5) is 33.0. The van der Waals surface area contributed by atoms with Gasteiger partial charge in [0.25, 0.3) is 0 Å². The monoisotopic (exact) mass is 346 g/mol. The van der Waals surface area contributed by atoms with Gasteiger partial charge < -0.3 is 19.3 Å². The fourth-order valence-electron chi connectivity index (χ4n) is 2.20. The average molecular weight is 346 g/mol. The largest absolute Gasteiger partial charge is 0.497 e. The molecule has 7 nitrogen and oxygen atoms in total. The number of aromatic nitrogens is 2. The van der Waals surface area contributed by atoms with Crippen molar-refractivity contribution >= 4 is 12.2 Å². The third-order valence-corrected chi connectivity index (χ3v) is 3.33. The highest BCUT2D eigenvalue weighted by Gasteiger charge is 2.07. The number of hydrogen-bond donors (Lipinski definition) is 1. The van der Waals surface area contributed by atoms with Gasteiger partial charge in [-0.2, -0.15) is 0 Å². The first-order chi connectivity index (χ1) is 12.0. The molecule has 2 aromatic rings. The van der Waals surface area contributed by atoms with E-state index in [1.807, 2.05) is 26.0 Å². The molecule has 0 fully saturated rings. The lowest BCUT2D eigenvalue weighted by Crippen LogP contribution is -2.55. The van der Waals surface area contributed by atoms with E-state index < -0.39 is 11.1 Å². The molecule has 7 heteroatoms. The van der Waals surface area contributed by atoms with Crippen LogP contribution in [0.4, 0.5) is 0 Å². The van der Waals surface area contributed by atoms with Crippen LogP contribution < -0.4 is 31.4 Å². The van der Waals surface area contributed by atoms with Crippen LogP contribution in [0, 0.1) is 5.92 Å². The van der Waals surface area contributed by atoms with Crippen molar-refractivity contribution in [3.05, 3.63) is 61.2 Å². The van der Waals surface area contributed by atoms with Gasteiger partial charge in [0.05, 0.1) is 7.11 Å². The fraction of sp³-hybridized carbons (Fsp3) is 0.333. The molecule has 0 radical (unpaired) electrons. The first kappa shape index (κ1) is 18.5. The summed E-state index contributed by atoms with van der Waals surface area (Å²) < 4.78 is 10.6. The van der Waals surface area contributed by atoms with Gasteiger partial charge >= 0.3 is 11.1 Å². The Hall–Kier alpha value is -2.80. The second kappa shape index (κ2) is 8.34. The van der Waals surface area contributed by atoms with Crippen molar-refractivity contribution in [2.45, 2.75) is 13.8 Å². The molecule has 0 saturated heterocycles. The van der Waals surface area contributed by atoms with E-state index in [-0.39, 0.29) is 23.4 Å². The Bertz CT molecular complexity index is 939. The van der Waals surface area contributed by atoms with E-state index in [4.69, 9.17) is 14.3 Å². The Morgan fingerprint density at radius 3 is 2.28 bits per heavy atom. The zero-order chi connectivity index (χ0) is 18.4. The summed E-state index contributed by atoms with van der Waals surface area (Å²) in [7, 11) is 3.00. The molecule has 1 aromatic carbocycles. The van der Waals surface area contributed by atoms with Crippen LogP contribution >= 0.6 is 0 Å². The lowest BCUT2D eigenvalue weighted by atomic mass is 10.2. The minimum atomic E-state index is -0.584. The molecule has 0 bridgehead atoms. The zero-order valence-electron chi connectivity index (χ0n) is 14.7. The smallest absolute Gasteiger partial charge is 0.310 e. The van der Waals surface area contributed by atoms with Crippen LogP contribution in [0.5, 0.6) is 5.75 Å². The molecule has 0 spiro atoms. The normalized spacial score (nSPS) is 12.7. The predicted octanol–water partition coefficient (Wildman–Crippen LogP) is -0.157. The van der Waals surface area contributed by atoms with Crippen LogP contribution in [0.3, 0.4) is 0 Å². The molecule has 0 saturated carbocycles. The zero-order valence-corrected chi connectivity index (χ0v) is 14.7. The number of H-pyrrole nitrogens is 1. The first-order valence-corrected chi connectivity index (χ1v) is 7.81. The molecule has 0 amide bonds.